The molecular formula is C11H24N2O. The number of hydrogen-bond donors (Lipinski definition) is 2. The summed E-state index contributed by atoms with van der Waals surface area (Å²) < 4.78 is 0. The fraction of sp³-hybridized carbons (Fsp3) is 0.909. The molecule has 0 aliphatic carbocycles. The highest BCUT2D eigenvalue weighted by Crippen LogP contribution is 2.16. The van der Waals surface area contributed by atoms with Crippen LogP contribution in [0.3, 0.4) is 0 Å². The lowest BCUT2D eigenvalue weighted by Crippen LogP contribution is -2.37. The third-order valence-corrected chi connectivity index (χ3v) is 1.98. The summed E-state index contributed by atoms with van der Waals surface area (Å²) in [6, 6.07) is -0.0392. The van der Waals surface area contributed by atoms with Crippen LogP contribution in [0.15, 0.2) is 0 Å². The largest absolute Gasteiger partial charge is 0.338 e. The van der Waals surface area contributed by atoms with Gasteiger partial charge in [-0.3, -0.25) is 0 Å². The smallest absolute Gasteiger partial charge is 0.314 e. The van der Waals surface area contributed by atoms with Gasteiger partial charge in [0.05, 0.1) is 0 Å². The molecule has 84 valence electrons. The van der Waals surface area contributed by atoms with Gasteiger partial charge in [0.1, 0.15) is 0 Å². The summed E-state index contributed by atoms with van der Waals surface area (Å²) in [5.74, 6) is 0. The number of carbonyl (C=O) groups is 1. The molecule has 0 saturated heterocycles. The normalized spacial score (nSPS) is 11.1. The summed E-state index contributed by atoms with van der Waals surface area (Å²) in [5.41, 5.74) is 0.288. The highest BCUT2D eigenvalue weighted by atomic mass is 16.2. The molecule has 0 aromatic rings. The molecule has 3 heteroatoms. The molecule has 0 aromatic heterocycles. The maximum atomic E-state index is 11.2. The van der Waals surface area contributed by atoms with E-state index in [-0.39, 0.29) is 11.4 Å². The molecule has 2 N–H and O–H groups in total. The molecule has 14 heavy (non-hydrogen) atoms. The third kappa shape index (κ3) is 9.36. The highest BCUT2D eigenvalue weighted by molar-refractivity contribution is 5.73. The Morgan fingerprint density at radius 3 is 2.21 bits per heavy atom. The number of rotatable bonds is 5. The molecular weight excluding hydrogens is 176 g/mol. The quantitative estimate of drug-likeness (QED) is 0.658. The summed E-state index contributed by atoms with van der Waals surface area (Å²) in [5, 5.41) is 5.67. The van der Waals surface area contributed by atoms with Gasteiger partial charge in [0.15, 0.2) is 0 Å². The predicted octanol–water partition coefficient (Wildman–Crippen LogP) is 2.52. The van der Waals surface area contributed by atoms with E-state index in [1.165, 1.54) is 0 Å². The van der Waals surface area contributed by atoms with E-state index in [1.807, 2.05) is 0 Å². The van der Waals surface area contributed by atoms with Crippen LogP contribution in [-0.2, 0) is 0 Å². The average Bonchev–Trinajstić information content (AvgIpc) is 2.02. The zero-order valence-corrected chi connectivity index (χ0v) is 9.94. The Morgan fingerprint density at radius 2 is 1.71 bits per heavy atom. The molecule has 0 rings (SSSR count). The molecule has 0 atom stereocenters. The molecule has 0 spiro atoms. The zero-order chi connectivity index (χ0) is 11.0. The van der Waals surface area contributed by atoms with Crippen LogP contribution in [-0.4, -0.2) is 19.1 Å². The number of nitrogens with one attached hydrogen (secondary N) is 2. The maximum absolute atomic E-state index is 11.2. The van der Waals surface area contributed by atoms with Crippen LogP contribution in [0.5, 0.6) is 0 Å². The second-order valence-electron chi connectivity index (χ2n) is 4.85. The van der Waals surface area contributed by atoms with Gasteiger partial charge in [0.2, 0.25) is 0 Å². The highest BCUT2D eigenvalue weighted by Gasteiger charge is 2.09. The monoisotopic (exact) mass is 200 g/mol. The Balaban J connectivity index is 3.36. The number of amides is 2. The van der Waals surface area contributed by atoms with Crippen LogP contribution >= 0.6 is 0 Å². The molecule has 2 amide bonds. The zero-order valence-electron chi connectivity index (χ0n) is 9.94. The lowest BCUT2D eigenvalue weighted by molar-refractivity contribution is 0.238. The van der Waals surface area contributed by atoms with Crippen LogP contribution in [0.1, 0.15) is 47.0 Å². The standard InChI is InChI=1S/C11H24N2O/c1-5-6-8-12-10(14)13-9-7-11(2,3)4/h5-9H2,1-4H3,(H2,12,13,14). The minimum absolute atomic E-state index is 0.0392. The van der Waals surface area contributed by atoms with Crippen molar-refractivity contribution in [2.24, 2.45) is 5.41 Å². The summed E-state index contributed by atoms with van der Waals surface area (Å²) in [4.78, 5) is 11.2. The summed E-state index contributed by atoms with van der Waals surface area (Å²) in [6.45, 7) is 10.1. The molecule has 0 aliphatic rings. The first kappa shape index (κ1) is 13.3. The van der Waals surface area contributed by atoms with Gasteiger partial charge < -0.3 is 10.6 Å². The fourth-order valence-electron chi connectivity index (χ4n) is 0.992. The van der Waals surface area contributed by atoms with E-state index in [0.717, 1.165) is 32.4 Å². The molecule has 0 aliphatic heterocycles. The van der Waals surface area contributed by atoms with Crippen molar-refractivity contribution in [1.82, 2.24) is 10.6 Å². The van der Waals surface area contributed by atoms with Crippen LogP contribution < -0.4 is 10.6 Å². The molecule has 0 heterocycles. The van der Waals surface area contributed by atoms with Crippen molar-refractivity contribution in [1.29, 1.82) is 0 Å². The number of carbonyl (C=O) groups excluding carboxylic acids is 1. The van der Waals surface area contributed by atoms with Gasteiger partial charge in [0, 0.05) is 13.1 Å². The second kappa shape index (κ2) is 6.68. The summed E-state index contributed by atoms with van der Waals surface area (Å²) in [6.07, 6.45) is 3.17. The third-order valence-electron chi connectivity index (χ3n) is 1.98. The van der Waals surface area contributed by atoms with E-state index in [9.17, 15) is 4.79 Å². The van der Waals surface area contributed by atoms with Crippen LogP contribution in [0.2, 0.25) is 0 Å². The van der Waals surface area contributed by atoms with Crippen LogP contribution in [0.4, 0.5) is 4.79 Å². The lowest BCUT2D eigenvalue weighted by atomic mass is 9.92. The minimum atomic E-state index is -0.0392. The van der Waals surface area contributed by atoms with Crippen molar-refractivity contribution in [3.8, 4) is 0 Å². The summed E-state index contributed by atoms with van der Waals surface area (Å²) >= 11 is 0. The van der Waals surface area contributed by atoms with E-state index in [2.05, 4.69) is 38.3 Å². The van der Waals surface area contributed by atoms with Gasteiger partial charge in [-0.25, -0.2) is 4.79 Å². The number of urea groups is 1. The molecule has 0 saturated carbocycles. The average molecular weight is 200 g/mol. The Labute approximate surface area is 87.6 Å². The first-order chi connectivity index (χ1) is 6.45. The van der Waals surface area contributed by atoms with Gasteiger partial charge in [-0.2, -0.15) is 0 Å². The molecule has 0 radical (unpaired) electrons. The van der Waals surface area contributed by atoms with E-state index in [4.69, 9.17) is 0 Å². The van der Waals surface area contributed by atoms with Gasteiger partial charge in [-0.1, -0.05) is 34.1 Å². The molecule has 0 bridgehead atoms. The van der Waals surface area contributed by atoms with Crippen molar-refractivity contribution in [3.05, 3.63) is 0 Å². The van der Waals surface area contributed by atoms with Gasteiger partial charge in [-0.15, -0.1) is 0 Å². The summed E-state index contributed by atoms with van der Waals surface area (Å²) in [7, 11) is 0. The van der Waals surface area contributed by atoms with E-state index >= 15 is 0 Å². The fourth-order valence-corrected chi connectivity index (χ4v) is 0.992. The van der Waals surface area contributed by atoms with Gasteiger partial charge in [0.25, 0.3) is 0 Å². The first-order valence-electron chi connectivity index (χ1n) is 5.47. The van der Waals surface area contributed by atoms with Crippen molar-refractivity contribution < 1.29 is 4.79 Å². The second-order valence-corrected chi connectivity index (χ2v) is 4.85. The number of unbranched alkanes of at least 4 members (excludes halogenated alkanes) is 1. The Morgan fingerprint density at radius 1 is 1.14 bits per heavy atom. The Hall–Kier alpha value is -0.730. The maximum Gasteiger partial charge on any atom is 0.314 e. The molecule has 0 fully saturated rings. The van der Waals surface area contributed by atoms with Crippen molar-refractivity contribution >= 4 is 6.03 Å². The van der Waals surface area contributed by atoms with Gasteiger partial charge in [-0.05, 0) is 18.3 Å². The Kier molecular flexibility index (Phi) is 6.34. The van der Waals surface area contributed by atoms with Gasteiger partial charge >= 0.3 is 6.03 Å². The SMILES string of the molecule is CCCCNC(=O)NCCC(C)(C)C. The van der Waals surface area contributed by atoms with Crippen molar-refractivity contribution in [3.63, 3.8) is 0 Å². The lowest BCUT2D eigenvalue weighted by Gasteiger charge is -2.18. The van der Waals surface area contributed by atoms with E-state index in [0.29, 0.717) is 0 Å². The minimum Gasteiger partial charge on any atom is -0.338 e. The topological polar surface area (TPSA) is 41.1 Å². The molecule has 0 unspecified atom stereocenters. The van der Waals surface area contributed by atoms with Crippen molar-refractivity contribution in [2.75, 3.05) is 13.1 Å². The first-order valence-corrected chi connectivity index (χ1v) is 5.47. The van der Waals surface area contributed by atoms with Crippen molar-refractivity contribution in [2.45, 2.75) is 47.0 Å². The Bertz CT molecular complexity index is 161. The molecule has 0 aromatic carbocycles. The van der Waals surface area contributed by atoms with E-state index in [1.54, 1.807) is 0 Å². The number of hydrogen-bond acceptors (Lipinski definition) is 1. The van der Waals surface area contributed by atoms with Crippen LogP contribution in [0.25, 0.3) is 0 Å². The predicted molar refractivity (Wildman–Crippen MR) is 60.4 cm³/mol. The van der Waals surface area contributed by atoms with Crippen LogP contribution in [0, 0.1) is 5.41 Å². The van der Waals surface area contributed by atoms with E-state index < -0.39 is 0 Å². The molecule has 3 nitrogen and oxygen atoms in total.